The van der Waals surface area contributed by atoms with E-state index in [-0.39, 0.29) is 44.3 Å². The summed E-state index contributed by atoms with van der Waals surface area (Å²) in [6.45, 7) is 7.37. The Kier molecular flexibility index (Phi) is 33.0. The van der Waals surface area contributed by atoms with E-state index in [1.165, 1.54) is 146 Å². The van der Waals surface area contributed by atoms with Crippen LogP contribution in [0.3, 0.4) is 0 Å². The molecule has 0 N–H and O–H groups in total. The van der Waals surface area contributed by atoms with E-state index < -0.39 is 0 Å². The third-order valence-corrected chi connectivity index (χ3v) is 6.23. The molecule has 0 aromatic heterocycles. The van der Waals surface area contributed by atoms with Gasteiger partial charge in [-0.2, -0.15) is 0 Å². The summed E-state index contributed by atoms with van der Waals surface area (Å²) in [7, 11) is 4.89. The van der Waals surface area contributed by atoms with Crippen LogP contribution >= 0.6 is 0 Å². The molecule has 0 atom stereocenters. The molecule has 0 aromatic rings. The number of hydrogen-bond donors (Lipinski definition) is 0. The first-order valence-electron chi connectivity index (χ1n) is 12.9. The number of halogens is 1. The molecule has 0 aliphatic heterocycles. The van der Waals surface area contributed by atoms with Gasteiger partial charge in [-0.05, 0) is 25.7 Å². The van der Waals surface area contributed by atoms with E-state index in [0.29, 0.717) is 0 Å². The van der Waals surface area contributed by atoms with Crippen LogP contribution in [0.15, 0.2) is 0 Å². The second-order valence-corrected chi connectivity index (χ2v) is 9.75. The van der Waals surface area contributed by atoms with E-state index in [2.05, 4.69) is 27.9 Å². The Bertz CT molecular complexity index is 258. The van der Waals surface area contributed by atoms with Gasteiger partial charge >= 0.3 is 27.3 Å². The monoisotopic (exact) mass is 671 g/mol. The molecule has 0 aromatic carbocycles. The summed E-state index contributed by atoms with van der Waals surface area (Å²) < 4.78 is 1.24. The van der Waals surface area contributed by atoms with E-state index >= 15 is 0 Å². The van der Waals surface area contributed by atoms with Crippen LogP contribution in [-0.4, -0.2) is 59.0 Å². The van der Waals surface area contributed by atoms with Crippen LogP contribution in [0.25, 0.3) is 0 Å². The fourth-order valence-corrected chi connectivity index (χ4v) is 4.17. The summed E-state index contributed by atoms with van der Waals surface area (Å²) in [6, 6.07) is 0. The van der Waals surface area contributed by atoms with Crippen LogP contribution in [0.4, 0.5) is 0 Å². The molecule has 0 bridgehead atoms. The maximum absolute atomic E-state index is 2.45. The van der Waals surface area contributed by atoms with Crippen molar-refractivity contribution in [3.63, 3.8) is 0 Å². The molecule has 0 heterocycles. The van der Waals surface area contributed by atoms with Crippen molar-refractivity contribution >= 4 is 27.3 Å². The van der Waals surface area contributed by atoms with Crippen LogP contribution in [0.5, 0.6) is 0 Å². The van der Waals surface area contributed by atoms with E-state index in [4.69, 9.17) is 0 Å². The molecule has 178 valence electrons. The van der Waals surface area contributed by atoms with Crippen LogP contribution in [0, 0.1) is 0 Å². The normalized spacial score (nSPS) is 11.2. The van der Waals surface area contributed by atoms with Crippen molar-refractivity contribution in [2.24, 2.45) is 0 Å². The molecule has 3 heteroatoms. The summed E-state index contributed by atoms with van der Waals surface area (Å²) in [5.41, 5.74) is 0. The summed E-state index contributed by atoms with van der Waals surface area (Å²) in [5, 5.41) is 0. The standard InChI is InChI=1S/C26H56N.BrH.Pb.2H/c1-5-7-9-11-13-15-17-19-21-23-25-27(3,4)26-24-22-20-18-16-14-12-10-8-6-2;;;;/h5-26H2,1-4H3;1H;;;/q+1;;;;/p-1. The summed E-state index contributed by atoms with van der Waals surface area (Å²) in [6.07, 6.45) is 29.0. The maximum atomic E-state index is 2.45. The Labute approximate surface area is 217 Å². The molecule has 0 aliphatic carbocycles. The number of rotatable bonds is 22. The molecule has 0 spiro atoms. The van der Waals surface area contributed by atoms with Crippen LogP contribution in [-0.2, 0) is 0 Å². The van der Waals surface area contributed by atoms with Gasteiger partial charge in [0.2, 0.25) is 0 Å². The van der Waals surface area contributed by atoms with Gasteiger partial charge < -0.3 is 21.5 Å². The van der Waals surface area contributed by atoms with Crippen molar-refractivity contribution in [2.75, 3.05) is 27.2 Å². The van der Waals surface area contributed by atoms with E-state index in [1.807, 2.05) is 0 Å². The SMILES string of the molecule is CCCCCCCCCCCC[N+](C)(C)CCCCCCCCCCCC.[Br-].[PbH2]. The number of unbranched alkanes of at least 4 members (excludes halogenated alkanes) is 18. The summed E-state index contributed by atoms with van der Waals surface area (Å²) in [4.78, 5) is 0. The molecule has 0 amide bonds. The van der Waals surface area contributed by atoms with Crippen molar-refractivity contribution < 1.29 is 21.5 Å². The van der Waals surface area contributed by atoms with Gasteiger partial charge in [-0.1, -0.05) is 117 Å². The average Bonchev–Trinajstić information content (AvgIpc) is 2.64. The second kappa shape index (κ2) is 27.4. The first-order chi connectivity index (χ1) is 13.1. The van der Waals surface area contributed by atoms with Crippen molar-refractivity contribution in [1.29, 1.82) is 0 Å². The molecule has 0 saturated heterocycles. The van der Waals surface area contributed by atoms with Crippen molar-refractivity contribution in [1.82, 2.24) is 0 Å². The number of nitrogens with zero attached hydrogens (tertiary/aromatic N) is 1. The van der Waals surface area contributed by atoms with Crippen LogP contribution in [0.2, 0.25) is 0 Å². The molecule has 0 unspecified atom stereocenters. The molecule has 0 aliphatic rings. The predicted molar refractivity (Wildman–Crippen MR) is 134 cm³/mol. The molecular formula is C26H58BrNPb. The van der Waals surface area contributed by atoms with Crippen molar-refractivity contribution in [3.8, 4) is 0 Å². The number of hydrogen-bond acceptors (Lipinski definition) is 0. The Hall–Kier alpha value is 1.36. The third kappa shape index (κ3) is 29.4. The van der Waals surface area contributed by atoms with Crippen LogP contribution < -0.4 is 17.0 Å². The van der Waals surface area contributed by atoms with E-state index in [0.717, 1.165) is 0 Å². The molecular weight excluding hydrogens is 613 g/mol. The topological polar surface area (TPSA) is 0 Å². The zero-order valence-corrected chi connectivity index (χ0v) is 28.2. The number of quaternary nitrogens is 1. The third-order valence-electron chi connectivity index (χ3n) is 6.23. The first kappa shape index (κ1) is 35.0. The summed E-state index contributed by atoms with van der Waals surface area (Å²) in [5.74, 6) is 0. The minimum atomic E-state index is 0. The van der Waals surface area contributed by atoms with Crippen molar-refractivity contribution in [3.05, 3.63) is 0 Å². The first-order valence-corrected chi connectivity index (χ1v) is 12.9. The molecule has 0 saturated carbocycles. The minimum absolute atomic E-state index is 0. The van der Waals surface area contributed by atoms with Gasteiger partial charge in [0.1, 0.15) is 0 Å². The second-order valence-electron chi connectivity index (χ2n) is 9.75. The van der Waals surface area contributed by atoms with E-state index in [9.17, 15) is 0 Å². The average molecular weight is 672 g/mol. The van der Waals surface area contributed by atoms with Gasteiger partial charge in [0.25, 0.3) is 0 Å². The van der Waals surface area contributed by atoms with Gasteiger partial charge in [0.05, 0.1) is 27.2 Å². The zero-order chi connectivity index (χ0) is 20.1. The fourth-order valence-electron chi connectivity index (χ4n) is 4.17. The Morgan fingerprint density at radius 2 is 0.586 bits per heavy atom. The molecule has 0 rings (SSSR count). The quantitative estimate of drug-likeness (QED) is 0.0865. The van der Waals surface area contributed by atoms with Gasteiger partial charge in [0, 0.05) is 0 Å². The molecule has 2 radical (unpaired) electrons. The molecule has 0 fully saturated rings. The van der Waals surface area contributed by atoms with Gasteiger partial charge in [-0.25, -0.2) is 0 Å². The van der Waals surface area contributed by atoms with Crippen LogP contribution in [0.1, 0.15) is 142 Å². The Morgan fingerprint density at radius 3 is 0.828 bits per heavy atom. The zero-order valence-electron chi connectivity index (χ0n) is 21.1. The van der Waals surface area contributed by atoms with Crippen molar-refractivity contribution in [2.45, 2.75) is 142 Å². The van der Waals surface area contributed by atoms with E-state index in [1.54, 1.807) is 0 Å². The molecule has 1 nitrogen and oxygen atoms in total. The summed E-state index contributed by atoms with van der Waals surface area (Å²) >= 11 is 0. The molecule has 29 heavy (non-hydrogen) atoms. The predicted octanol–water partition coefficient (Wildman–Crippen LogP) is 4.99. The van der Waals surface area contributed by atoms with Gasteiger partial charge in [-0.15, -0.1) is 0 Å². The Morgan fingerprint density at radius 1 is 0.379 bits per heavy atom. The van der Waals surface area contributed by atoms with Gasteiger partial charge in [-0.3, -0.25) is 0 Å². The van der Waals surface area contributed by atoms with Gasteiger partial charge in [0.15, 0.2) is 0 Å². The fraction of sp³-hybridized carbons (Fsp3) is 1.00. The Balaban J connectivity index is -0.00000338.